The third-order valence-electron chi connectivity index (χ3n) is 3.43. The number of nitrogens with zero attached hydrogens (tertiary/aromatic N) is 4. The Hall–Kier alpha value is -1.46. The summed E-state index contributed by atoms with van der Waals surface area (Å²) in [5, 5.41) is 29.7. The fourth-order valence-electron chi connectivity index (χ4n) is 2.37. The lowest BCUT2D eigenvalue weighted by molar-refractivity contribution is -0.0548. The van der Waals surface area contributed by atoms with Gasteiger partial charge in [-0.25, -0.2) is 15.0 Å². The molecule has 21 heavy (non-hydrogen) atoms. The zero-order chi connectivity index (χ0) is 15.1. The molecule has 0 radical (unpaired) electrons. The highest BCUT2D eigenvalue weighted by molar-refractivity contribution is 7.98. The van der Waals surface area contributed by atoms with Crippen molar-refractivity contribution >= 4 is 28.7 Å². The Morgan fingerprint density at radius 2 is 2.14 bits per heavy atom. The Bertz CT molecular complexity index is 665. The summed E-state index contributed by atoms with van der Waals surface area (Å²) in [6, 6.07) is 0. The predicted octanol–water partition coefficient (Wildman–Crippen LogP) is -1.26. The fourth-order valence-corrected chi connectivity index (χ4v) is 2.94. The van der Waals surface area contributed by atoms with Gasteiger partial charge in [0.2, 0.25) is 0 Å². The van der Waals surface area contributed by atoms with Gasteiger partial charge in [0.05, 0.1) is 6.61 Å². The van der Waals surface area contributed by atoms with E-state index in [1.54, 1.807) is 4.57 Å². The summed E-state index contributed by atoms with van der Waals surface area (Å²) < 4.78 is 7.09. The molecule has 0 spiro atoms. The molecule has 4 atom stereocenters. The summed E-state index contributed by atoms with van der Waals surface area (Å²) in [6.07, 6.45) is -1.06. The number of nitrogen functional groups attached to an aromatic ring is 1. The largest absolute Gasteiger partial charge is 0.394 e. The van der Waals surface area contributed by atoms with Gasteiger partial charge in [-0.3, -0.25) is 4.57 Å². The number of hydrogen-bond acceptors (Lipinski definition) is 9. The van der Waals surface area contributed by atoms with Gasteiger partial charge in [-0.1, -0.05) is 11.8 Å². The van der Waals surface area contributed by atoms with Crippen LogP contribution in [0.15, 0.2) is 11.5 Å². The Kier molecular flexibility index (Phi) is 3.71. The first kappa shape index (κ1) is 14.5. The van der Waals surface area contributed by atoms with Crippen LogP contribution in [0.5, 0.6) is 0 Å². The highest BCUT2D eigenvalue weighted by atomic mass is 32.2. The molecule has 10 heteroatoms. The summed E-state index contributed by atoms with van der Waals surface area (Å²) in [6.45, 7) is -0.396. The maximum Gasteiger partial charge on any atom is 0.172 e. The fraction of sp³-hybridized carbons (Fsp3) is 0.545. The lowest BCUT2D eigenvalue weighted by Crippen LogP contribution is -2.33. The van der Waals surface area contributed by atoms with Crippen LogP contribution in [0.4, 0.5) is 5.82 Å². The van der Waals surface area contributed by atoms with Crippen LogP contribution >= 0.6 is 11.8 Å². The first-order chi connectivity index (χ1) is 10.1. The summed E-state index contributed by atoms with van der Waals surface area (Å²) in [5.74, 6) is 0.223. The standard InChI is InChI=1S/C11H15N5O4S/c1-21-11-15-5-8(12)13-3-14-9(5)16(11)10-7(19)6(18)4(2-17)20-10/h3-4,6-7,10,17-19H,2H2,1H3,(H2,12,13,14). The van der Waals surface area contributed by atoms with Crippen molar-refractivity contribution in [3.8, 4) is 0 Å². The molecule has 0 saturated carbocycles. The van der Waals surface area contributed by atoms with Crippen LogP contribution in [0.1, 0.15) is 6.23 Å². The molecule has 114 valence electrons. The molecule has 0 bridgehead atoms. The minimum absolute atomic E-state index is 0.223. The highest BCUT2D eigenvalue weighted by Gasteiger charge is 2.44. The number of fused-ring (bicyclic) bond motifs is 1. The molecule has 9 nitrogen and oxygen atoms in total. The molecular formula is C11H15N5O4S. The third kappa shape index (κ3) is 2.15. The quantitative estimate of drug-likeness (QED) is 0.511. The van der Waals surface area contributed by atoms with Crippen LogP contribution in [-0.4, -0.2) is 66.0 Å². The Balaban J connectivity index is 2.14. The summed E-state index contributed by atoms with van der Waals surface area (Å²) >= 11 is 1.32. The minimum atomic E-state index is -1.21. The smallest absolute Gasteiger partial charge is 0.172 e. The van der Waals surface area contributed by atoms with Gasteiger partial charge in [-0.15, -0.1) is 0 Å². The lowest BCUT2D eigenvalue weighted by atomic mass is 10.1. The van der Waals surface area contributed by atoms with Crippen molar-refractivity contribution in [1.29, 1.82) is 0 Å². The van der Waals surface area contributed by atoms with Crippen LogP contribution < -0.4 is 5.73 Å². The third-order valence-corrected chi connectivity index (χ3v) is 4.08. The second-order valence-corrected chi connectivity index (χ2v) is 5.40. The van der Waals surface area contributed by atoms with Crippen LogP contribution in [0.3, 0.4) is 0 Å². The maximum absolute atomic E-state index is 10.2. The van der Waals surface area contributed by atoms with E-state index in [1.165, 1.54) is 18.1 Å². The van der Waals surface area contributed by atoms with E-state index in [0.717, 1.165) is 0 Å². The van der Waals surface area contributed by atoms with E-state index in [2.05, 4.69) is 15.0 Å². The molecular weight excluding hydrogens is 298 g/mol. The van der Waals surface area contributed by atoms with Crippen LogP contribution in [0, 0.1) is 0 Å². The van der Waals surface area contributed by atoms with Gasteiger partial charge in [0.25, 0.3) is 0 Å². The van der Waals surface area contributed by atoms with E-state index in [0.29, 0.717) is 16.3 Å². The molecule has 3 heterocycles. The summed E-state index contributed by atoms with van der Waals surface area (Å²) in [5.41, 5.74) is 6.59. The number of aliphatic hydroxyl groups is 3. The predicted molar refractivity (Wildman–Crippen MR) is 74.5 cm³/mol. The molecule has 4 unspecified atom stereocenters. The minimum Gasteiger partial charge on any atom is -0.394 e. The van der Waals surface area contributed by atoms with Gasteiger partial charge in [0, 0.05) is 0 Å². The molecule has 0 aromatic carbocycles. The zero-order valence-corrected chi connectivity index (χ0v) is 11.9. The van der Waals surface area contributed by atoms with Crippen molar-refractivity contribution in [3.63, 3.8) is 0 Å². The van der Waals surface area contributed by atoms with Crippen LogP contribution in [0.2, 0.25) is 0 Å². The second kappa shape index (κ2) is 5.39. The molecule has 1 fully saturated rings. The van der Waals surface area contributed by atoms with Gasteiger partial charge >= 0.3 is 0 Å². The Morgan fingerprint density at radius 3 is 2.76 bits per heavy atom. The number of hydrogen-bond donors (Lipinski definition) is 4. The van der Waals surface area contributed by atoms with Crippen LogP contribution in [0.25, 0.3) is 11.2 Å². The second-order valence-electron chi connectivity index (χ2n) is 4.63. The average molecular weight is 313 g/mol. The SMILES string of the molecule is CSc1nc2c(N)ncnc2n1C1OC(CO)C(O)C1O. The molecule has 1 aliphatic heterocycles. The number of rotatable bonds is 3. The molecule has 5 N–H and O–H groups in total. The molecule has 0 aliphatic carbocycles. The average Bonchev–Trinajstić information content (AvgIpc) is 2.99. The molecule has 2 aromatic heterocycles. The zero-order valence-electron chi connectivity index (χ0n) is 11.1. The molecule has 1 aliphatic rings. The van der Waals surface area contributed by atoms with Gasteiger partial charge in [0.15, 0.2) is 28.4 Å². The number of thioether (sulfide) groups is 1. The molecule has 2 aromatic rings. The van der Waals surface area contributed by atoms with E-state index in [-0.39, 0.29) is 5.82 Å². The summed E-state index contributed by atoms with van der Waals surface area (Å²) in [7, 11) is 0. The first-order valence-corrected chi connectivity index (χ1v) is 7.45. The van der Waals surface area contributed by atoms with E-state index in [4.69, 9.17) is 10.5 Å². The monoisotopic (exact) mass is 313 g/mol. The molecule has 3 rings (SSSR count). The topological polar surface area (TPSA) is 140 Å². The van der Waals surface area contributed by atoms with Crippen molar-refractivity contribution in [2.45, 2.75) is 29.7 Å². The highest BCUT2D eigenvalue weighted by Crippen LogP contribution is 2.35. The Labute approximate surface area is 123 Å². The number of aromatic nitrogens is 4. The van der Waals surface area contributed by atoms with Crippen molar-refractivity contribution in [1.82, 2.24) is 19.5 Å². The molecule has 0 amide bonds. The summed E-state index contributed by atoms with van der Waals surface area (Å²) in [4.78, 5) is 12.3. The van der Waals surface area contributed by atoms with Gasteiger partial charge in [0.1, 0.15) is 24.6 Å². The number of imidazole rings is 1. The normalized spacial score (nSPS) is 29.3. The van der Waals surface area contributed by atoms with Gasteiger partial charge < -0.3 is 25.8 Å². The number of ether oxygens (including phenoxy) is 1. The lowest BCUT2D eigenvalue weighted by Gasteiger charge is -2.18. The van der Waals surface area contributed by atoms with Crippen molar-refractivity contribution < 1.29 is 20.1 Å². The maximum atomic E-state index is 10.2. The van der Waals surface area contributed by atoms with Crippen LogP contribution in [-0.2, 0) is 4.74 Å². The van der Waals surface area contributed by atoms with E-state index >= 15 is 0 Å². The van der Waals surface area contributed by atoms with Gasteiger partial charge in [-0.05, 0) is 6.26 Å². The van der Waals surface area contributed by atoms with E-state index in [9.17, 15) is 15.3 Å². The van der Waals surface area contributed by atoms with Crippen molar-refractivity contribution in [2.75, 3.05) is 18.6 Å². The molecule has 1 saturated heterocycles. The Morgan fingerprint density at radius 1 is 1.38 bits per heavy atom. The number of aliphatic hydroxyl groups excluding tert-OH is 3. The van der Waals surface area contributed by atoms with E-state index in [1.807, 2.05) is 6.26 Å². The number of anilines is 1. The first-order valence-electron chi connectivity index (χ1n) is 6.23. The van der Waals surface area contributed by atoms with Gasteiger partial charge in [-0.2, -0.15) is 0 Å². The van der Waals surface area contributed by atoms with E-state index < -0.39 is 31.1 Å². The van der Waals surface area contributed by atoms with Crippen molar-refractivity contribution in [2.24, 2.45) is 0 Å². The number of nitrogens with two attached hydrogens (primary N) is 1. The van der Waals surface area contributed by atoms with Crippen molar-refractivity contribution in [3.05, 3.63) is 6.33 Å².